The zero-order valence-electron chi connectivity index (χ0n) is 16.5. The van der Waals surface area contributed by atoms with Gasteiger partial charge in [0.25, 0.3) is 0 Å². The topological polar surface area (TPSA) is 83.7 Å². The highest BCUT2D eigenvalue weighted by atomic mass is 32.2. The van der Waals surface area contributed by atoms with E-state index in [9.17, 15) is 13.2 Å². The number of nitrogens with zero attached hydrogens (tertiary/aromatic N) is 2. The lowest BCUT2D eigenvalue weighted by Crippen LogP contribution is -2.40. The molecule has 0 heterocycles. The SMILES string of the molecule is CCN(CC)CC(=O)N(CCc1ccc(S(N)(=O)=O)cc1)Cc1ccccc1. The van der Waals surface area contributed by atoms with Crippen LogP contribution in [0.2, 0.25) is 0 Å². The van der Waals surface area contributed by atoms with Crippen molar-refractivity contribution < 1.29 is 13.2 Å². The van der Waals surface area contributed by atoms with Crippen molar-refractivity contribution in [2.24, 2.45) is 5.14 Å². The molecule has 2 rings (SSSR count). The van der Waals surface area contributed by atoms with Gasteiger partial charge in [0, 0.05) is 13.1 Å². The van der Waals surface area contributed by atoms with Crippen LogP contribution in [-0.2, 0) is 27.8 Å². The first-order valence-corrected chi connectivity index (χ1v) is 11.0. The smallest absolute Gasteiger partial charge is 0.238 e. The number of hydrogen-bond acceptors (Lipinski definition) is 4. The minimum atomic E-state index is -3.69. The molecule has 0 saturated carbocycles. The molecule has 0 aliphatic heterocycles. The van der Waals surface area contributed by atoms with E-state index >= 15 is 0 Å². The Labute approximate surface area is 168 Å². The normalized spacial score (nSPS) is 11.6. The maximum atomic E-state index is 12.9. The summed E-state index contributed by atoms with van der Waals surface area (Å²) in [5.74, 6) is 0.0914. The summed E-state index contributed by atoms with van der Waals surface area (Å²) >= 11 is 0. The Morgan fingerprint density at radius 1 is 0.929 bits per heavy atom. The molecule has 0 aliphatic carbocycles. The van der Waals surface area contributed by atoms with E-state index < -0.39 is 10.0 Å². The number of likely N-dealkylation sites (N-methyl/N-ethyl adjacent to an activating group) is 1. The highest BCUT2D eigenvalue weighted by Crippen LogP contribution is 2.12. The number of carbonyl (C=O) groups is 1. The molecule has 0 fully saturated rings. The van der Waals surface area contributed by atoms with Crippen LogP contribution in [0.5, 0.6) is 0 Å². The van der Waals surface area contributed by atoms with Crippen molar-refractivity contribution >= 4 is 15.9 Å². The van der Waals surface area contributed by atoms with Crippen LogP contribution in [-0.4, -0.2) is 50.3 Å². The van der Waals surface area contributed by atoms with Gasteiger partial charge in [0.1, 0.15) is 0 Å². The first-order chi connectivity index (χ1) is 13.3. The predicted octanol–water partition coefficient (Wildman–Crippen LogP) is 2.25. The Hall–Kier alpha value is -2.22. The molecule has 0 radical (unpaired) electrons. The Kier molecular flexibility index (Phi) is 8.17. The molecule has 6 nitrogen and oxygen atoms in total. The fraction of sp³-hybridized carbons (Fsp3) is 0.381. The number of amides is 1. The van der Waals surface area contributed by atoms with E-state index in [1.54, 1.807) is 12.1 Å². The van der Waals surface area contributed by atoms with Gasteiger partial charge in [-0.05, 0) is 42.8 Å². The number of primary sulfonamides is 1. The highest BCUT2D eigenvalue weighted by molar-refractivity contribution is 7.89. The summed E-state index contributed by atoms with van der Waals surface area (Å²) in [4.78, 5) is 16.9. The molecule has 2 aromatic rings. The van der Waals surface area contributed by atoms with Gasteiger partial charge in [0.05, 0.1) is 11.4 Å². The molecular weight excluding hydrogens is 374 g/mol. The van der Waals surface area contributed by atoms with Crippen LogP contribution in [0.25, 0.3) is 0 Å². The molecule has 2 aromatic carbocycles. The van der Waals surface area contributed by atoms with Gasteiger partial charge in [-0.25, -0.2) is 13.6 Å². The van der Waals surface area contributed by atoms with Crippen molar-refractivity contribution in [1.29, 1.82) is 0 Å². The molecule has 0 unspecified atom stereocenters. The molecule has 1 amide bonds. The average molecular weight is 404 g/mol. The van der Waals surface area contributed by atoms with Gasteiger partial charge >= 0.3 is 0 Å². The summed E-state index contributed by atoms with van der Waals surface area (Å²) in [6.45, 7) is 7.26. The summed E-state index contributed by atoms with van der Waals surface area (Å²) in [5.41, 5.74) is 2.04. The lowest BCUT2D eigenvalue weighted by molar-refractivity contribution is -0.133. The summed E-state index contributed by atoms with van der Waals surface area (Å²) in [6, 6.07) is 16.4. The molecule has 28 heavy (non-hydrogen) atoms. The van der Waals surface area contributed by atoms with Crippen molar-refractivity contribution in [3.05, 3.63) is 65.7 Å². The van der Waals surface area contributed by atoms with E-state index in [2.05, 4.69) is 4.90 Å². The van der Waals surface area contributed by atoms with Crippen molar-refractivity contribution in [3.63, 3.8) is 0 Å². The van der Waals surface area contributed by atoms with Crippen molar-refractivity contribution in [2.45, 2.75) is 31.7 Å². The Bertz CT molecular complexity index is 848. The maximum Gasteiger partial charge on any atom is 0.238 e. The van der Waals surface area contributed by atoms with Crippen LogP contribution in [0.4, 0.5) is 0 Å². The van der Waals surface area contributed by atoms with Gasteiger partial charge in [-0.15, -0.1) is 0 Å². The van der Waals surface area contributed by atoms with Gasteiger partial charge < -0.3 is 4.90 Å². The minimum absolute atomic E-state index is 0.0914. The first-order valence-electron chi connectivity index (χ1n) is 9.49. The molecule has 0 aliphatic rings. The maximum absolute atomic E-state index is 12.9. The molecule has 0 aromatic heterocycles. The molecule has 0 spiro atoms. The fourth-order valence-corrected chi connectivity index (χ4v) is 3.46. The summed E-state index contributed by atoms with van der Waals surface area (Å²) < 4.78 is 22.8. The van der Waals surface area contributed by atoms with E-state index in [1.165, 1.54) is 12.1 Å². The van der Waals surface area contributed by atoms with E-state index in [-0.39, 0.29) is 10.8 Å². The lowest BCUT2D eigenvalue weighted by atomic mass is 10.1. The summed E-state index contributed by atoms with van der Waals surface area (Å²) in [5, 5.41) is 5.14. The van der Waals surface area contributed by atoms with Gasteiger partial charge in [0.15, 0.2) is 0 Å². The molecule has 0 atom stereocenters. The second-order valence-corrected chi connectivity index (χ2v) is 8.26. The van der Waals surface area contributed by atoms with Crippen LogP contribution >= 0.6 is 0 Å². The number of carbonyl (C=O) groups excluding carboxylic acids is 1. The molecular formula is C21H29N3O3S. The van der Waals surface area contributed by atoms with Gasteiger partial charge in [-0.3, -0.25) is 9.69 Å². The van der Waals surface area contributed by atoms with E-state index in [4.69, 9.17) is 5.14 Å². The Morgan fingerprint density at radius 3 is 2.07 bits per heavy atom. The number of sulfonamides is 1. The quantitative estimate of drug-likeness (QED) is 0.659. The molecule has 0 saturated heterocycles. The van der Waals surface area contributed by atoms with Crippen LogP contribution in [0, 0.1) is 0 Å². The first kappa shape index (κ1) is 22.1. The van der Waals surface area contributed by atoms with Crippen molar-refractivity contribution in [1.82, 2.24) is 9.80 Å². The standard InChI is InChI=1S/C21H29N3O3S/c1-3-23(4-2)17-21(25)24(16-19-8-6-5-7-9-19)15-14-18-10-12-20(13-11-18)28(22,26)27/h5-13H,3-4,14-17H2,1-2H3,(H2,22,26,27). The number of nitrogens with two attached hydrogens (primary N) is 1. The van der Waals surface area contributed by atoms with Crippen molar-refractivity contribution in [2.75, 3.05) is 26.2 Å². The van der Waals surface area contributed by atoms with E-state index in [0.717, 1.165) is 24.2 Å². The third kappa shape index (κ3) is 6.74. The molecule has 7 heteroatoms. The Balaban J connectivity index is 2.09. The summed E-state index contributed by atoms with van der Waals surface area (Å²) in [7, 11) is -3.69. The average Bonchev–Trinajstić information content (AvgIpc) is 2.69. The predicted molar refractivity (Wildman–Crippen MR) is 111 cm³/mol. The second-order valence-electron chi connectivity index (χ2n) is 6.70. The number of hydrogen-bond donors (Lipinski definition) is 1. The van der Waals surface area contributed by atoms with Gasteiger partial charge in [-0.1, -0.05) is 56.3 Å². The van der Waals surface area contributed by atoms with E-state index in [0.29, 0.717) is 26.1 Å². The van der Waals surface area contributed by atoms with Gasteiger partial charge in [-0.2, -0.15) is 0 Å². The van der Waals surface area contributed by atoms with Crippen molar-refractivity contribution in [3.8, 4) is 0 Å². The van der Waals surface area contributed by atoms with Crippen LogP contribution in [0.15, 0.2) is 59.5 Å². The minimum Gasteiger partial charge on any atom is -0.337 e. The summed E-state index contributed by atoms with van der Waals surface area (Å²) in [6.07, 6.45) is 0.641. The molecule has 2 N–H and O–H groups in total. The molecule has 0 bridgehead atoms. The monoisotopic (exact) mass is 403 g/mol. The zero-order valence-corrected chi connectivity index (χ0v) is 17.4. The number of benzene rings is 2. The fourth-order valence-electron chi connectivity index (χ4n) is 2.94. The van der Waals surface area contributed by atoms with E-state index in [1.807, 2.05) is 49.1 Å². The zero-order chi connectivity index (χ0) is 20.6. The van der Waals surface area contributed by atoms with Crippen LogP contribution < -0.4 is 5.14 Å². The second kappa shape index (κ2) is 10.4. The van der Waals surface area contributed by atoms with Gasteiger partial charge in [0.2, 0.25) is 15.9 Å². The number of rotatable bonds is 10. The highest BCUT2D eigenvalue weighted by Gasteiger charge is 2.17. The van der Waals surface area contributed by atoms with Crippen LogP contribution in [0.1, 0.15) is 25.0 Å². The largest absolute Gasteiger partial charge is 0.337 e. The third-order valence-electron chi connectivity index (χ3n) is 4.74. The molecule has 152 valence electrons. The van der Waals surface area contributed by atoms with Crippen LogP contribution in [0.3, 0.4) is 0 Å². The third-order valence-corrected chi connectivity index (χ3v) is 5.67. The Morgan fingerprint density at radius 2 is 1.54 bits per heavy atom. The lowest BCUT2D eigenvalue weighted by Gasteiger charge is -2.26.